The van der Waals surface area contributed by atoms with Gasteiger partial charge in [-0.2, -0.15) is 0 Å². The van der Waals surface area contributed by atoms with Crippen LogP contribution in [0.25, 0.3) is 10.9 Å². The summed E-state index contributed by atoms with van der Waals surface area (Å²) in [4.78, 5) is 20.4. The third kappa shape index (κ3) is 4.03. The summed E-state index contributed by atoms with van der Waals surface area (Å²) in [6.07, 6.45) is 3.89. The molecular weight excluding hydrogens is 288 g/mol. The van der Waals surface area contributed by atoms with E-state index in [0.29, 0.717) is 19.5 Å². The maximum absolute atomic E-state index is 11.9. The van der Waals surface area contributed by atoms with Gasteiger partial charge in [0.2, 0.25) is 5.91 Å². The van der Waals surface area contributed by atoms with Gasteiger partial charge in [0.1, 0.15) is 0 Å². The zero-order chi connectivity index (χ0) is 15.9. The lowest BCUT2D eigenvalue weighted by Crippen LogP contribution is -2.25. The number of anilines is 1. The maximum Gasteiger partial charge on any atom is 0.222 e. The first kappa shape index (κ1) is 15.0. The Kier molecular flexibility index (Phi) is 4.79. The van der Waals surface area contributed by atoms with E-state index in [2.05, 4.69) is 20.6 Å². The largest absolute Gasteiger partial charge is 0.383 e. The average Bonchev–Trinajstić information content (AvgIpc) is 2.61. The summed E-state index contributed by atoms with van der Waals surface area (Å²) in [5.41, 5.74) is 2.72. The lowest BCUT2D eigenvalue weighted by Gasteiger charge is -2.09. The molecule has 0 bridgehead atoms. The first-order valence-corrected chi connectivity index (χ1v) is 7.57. The number of aromatic nitrogens is 2. The van der Waals surface area contributed by atoms with Gasteiger partial charge in [0.05, 0.1) is 23.4 Å². The number of carbonyl (C=O) groups excluding carboxylic acids is 1. The molecule has 0 atom stereocenters. The average molecular weight is 306 g/mol. The van der Waals surface area contributed by atoms with Crippen molar-refractivity contribution < 1.29 is 4.79 Å². The minimum Gasteiger partial charge on any atom is -0.383 e. The smallest absolute Gasteiger partial charge is 0.222 e. The van der Waals surface area contributed by atoms with Crippen LogP contribution >= 0.6 is 0 Å². The van der Waals surface area contributed by atoms with Gasteiger partial charge in [-0.15, -0.1) is 0 Å². The molecule has 1 amide bonds. The second-order valence-corrected chi connectivity index (χ2v) is 5.16. The van der Waals surface area contributed by atoms with E-state index in [1.165, 1.54) is 0 Å². The predicted molar refractivity (Wildman–Crippen MR) is 90.9 cm³/mol. The molecule has 5 heteroatoms. The Balaban J connectivity index is 1.50. The van der Waals surface area contributed by atoms with Gasteiger partial charge in [-0.25, -0.2) is 0 Å². The molecular formula is C18H18N4O. The Morgan fingerprint density at radius 3 is 2.70 bits per heavy atom. The molecule has 0 aliphatic rings. The molecule has 2 heterocycles. The number of para-hydroxylation sites is 1. The van der Waals surface area contributed by atoms with Gasteiger partial charge in [-0.1, -0.05) is 24.3 Å². The molecule has 3 rings (SSSR count). The van der Waals surface area contributed by atoms with Crippen molar-refractivity contribution in [2.24, 2.45) is 0 Å². The Morgan fingerprint density at radius 2 is 1.83 bits per heavy atom. The molecule has 0 saturated heterocycles. The third-order valence-electron chi connectivity index (χ3n) is 3.49. The van der Waals surface area contributed by atoms with Gasteiger partial charge in [0.15, 0.2) is 0 Å². The first-order chi connectivity index (χ1) is 11.3. The number of pyridine rings is 2. The van der Waals surface area contributed by atoms with Gasteiger partial charge in [0, 0.05) is 30.7 Å². The summed E-state index contributed by atoms with van der Waals surface area (Å²) < 4.78 is 0. The number of hydrogen-bond acceptors (Lipinski definition) is 4. The molecule has 23 heavy (non-hydrogen) atoms. The number of nitrogens with one attached hydrogen (secondary N) is 2. The monoisotopic (exact) mass is 306 g/mol. The van der Waals surface area contributed by atoms with Crippen LogP contribution in [0.2, 0.25) is 0 Å². The molecule has 0 aliphatic heterocycles. The van der Waals surface area contributed by atoms with Crippen LogP contribution in [0.3, 0.4) is 0 Å². The van der Waals surface area contributed by atoms with E-state index in [-0.39, 0.29) is 5.91 Å². The summed E-state index contributed by atoms with van der Waals surface area (Å²) in [6, 6.07) is 15.6. The number of rotatable bonds is 6. The van der Waals surface area contributed by atoms with E-state index in [1.807, 2.05) is 48.5 Å². The molecule has 5 nitrogen and oxygen atoms in total. The van der Waals surface area contributed by atoms with E-state index < -0.39 is 0 Å². The van der Waals surface area contributed by atoms with Crippen molar-refractivity contribution in [1.29, 1.82) is 0 Å². The number of hydrogen-bond donors (Lipinski definition) is 2. The quantitative estimate of drug-likeness (QED) is 0.735. The van der Waals surface area contributed by atoms with Crippen LogP contribution in [0, 0.1) is 0 Å². The van der Waals surface area contributed by atoms with E-state index in [0.717, 1.165) is 22.3 Å². The lowest BCUT2D eigenvalue weighted by atomic mass is 10.2. The lowest BCUT2D eigenvalue weighted by molar-refractivity contribution is -0.121. The second kappa shape index (κ2) is 7.35. The number of carbonyl (C=O) groups is 1. The van der Waals surface area contributed by atoms with E-state index in [1.54, 1.807) is 12.4 Å². The van der Waals surface area contributed by atoms with Crippen molar-refractivity contribution in [3.8, 4) is 0 Å². The number of fused-ring (bicyclic) bond motifs is 1. The highest BCUT2D eigenvalue weighted by atomic mass is 16.1. The Bertz CT molecular complexity index is 784. The second-order valence-electron chi connectivity index (χ2n) is 5.16. The maximum atomic E-state index is 11.9. The van der Waals surface area contributed by atoms with Crippen LogP contribution in [0.1, 0.15) is 12.1 Å². The molecule has 0 aliphatic carbocycles. The number of amides is 1. The summed E-state index contributed by atoms with van der Waals surface area (Å²) in [5, 5.41) is 7.22. The minimum absolute atomic E-state index is 0.00338. The Hall–Kier alpha value is -2.95. The molecule has 0 saturated carbocycles. The van der Waals surface area contributed by atoms with Crippen molar-refractivity contribution >= 4 is 22.5 Å². The van der Waals surface area contributed by atoms with Crippen molar-refractivity contribution in [3.05, 3.63) is 66.6 Å². The van der Waals surface area contributed by atoms with E-state index >= 15 is 0 Å². The number of benzene rings is 1. The summed E-state index contributed by atoms with van der Waals surface area (Å²) in [7, 11) is 0. The molecule has 3 aromatic rings. The fourth-order valence-electron chi connectivity index (χ4n) is 2.34. The Morgan fingerprint density at radius 1 is 0.957 bits per heavy atom. The minimum atomic E-state index is -0.00338. The topological polar surface area (TPSA) is 66.9 Å². The molecule has 2 N–H and O–H groups in total. The fourth-order valence-corrected chi connectivity index (χ4v) is 2.34. The van der Waals surface area contributed by atoms with Crippen LogP contribution in [0.5, 0.6) is 0 Å². The van der Waals surface area contributed by atoms with Crippen LogP contribution in [-0.4, -0.2) is 22.4 Å². The highest BCUT2D eigenvalue weighted by molar-refractivity contribution is 5.90. The van der Waals surface area contributed by atoms with Gasteiger partial charge < -0.3 is 10.6 Å². The molecule has 116 valence electrons. The Labute approximate surface area is 134 Å². The molecule has 0 unspecified atom stereocenters. The molecule has 2 aromatic heterocycles. The molecule has 0 spiro atoms. The number of nitrogens with zero attached hydrogens (tertiary/aromatic N) is 2. The SMILES string of the molecule is O=C(CCNc1cccc2cccnc12)NCc1ccccn1. The molecule has 1 aromatic carbocycles. The fraction of sp³-hybridized carbons (Fsp3) is 0.167. The zero-order valence-corrected chi connectivity index (χ0v) is 12.7. The van der Waals surface area contributed by atoms with Gasteiger partial charge in [0.25, 0.3) is 0 Å². The molecule has 0 fully saturated rings. The van der Waals surface area contributed by atoms with Crippen molar-refractivity contribution in [1.82, 2.24) is 15.3 Å². The van der Waals surface area contributed by atoms with Crippen molar-refractivity contribution in [2.45, 2.75) is 13.0 Å². The van der Waals surface area contributed by atoms with Gasteiger partial charge in [-0.3, -0.25) is 14.8 Å². The van der Waals surface area contributed by atoms with Crippen LogP contribution in [0.4, 0.5) is 5.69 Å². The first-order valence-electron chi connectivity index (χ1n) is 7.57. The summed E-state index contributed by atoms with van der Waals surface area (Å²) in [5.74, 6) is -0.00338. The van der Waals surface area contributed by atoms with Gasteiger partial charge >= 0.3 is 0 Å². The predicted octanol–water partition coefficient (Wildman–Crippen LogP) is 2.75. The summed E-state index contributed by atoms with van der Waals surface area (Å²) >= 11 is 0. The van der Waals surface area contributed by atoms with E-state index in [9.17, 15) is 4.79 Å². The summed E-state index contributed by atoms with van der Waals surface area (Å²) in [6.45, 7) is 1.01. The highest BCUT2D eigenvalue weighted by Gasteiger charge is 2.04. The molecule has 0 radical (unpaired) electrons. The standard InChI is InChI=1S/C18H18N4O/c23-17(22-13-15-7-1-2-10-19-15)9-12-20-16-8-3-5-14-6-4-11-21-18(14)16/h1-8,10-11,20H,9,12-13H2,(H,22,23). The van der Waals surface area contributed by atoms with Gasteiger partial charge in [-0.05, 0) is 24.3 Å². The highest BCUT2D eigenvalue weighted by Crippen LogP contribution is 2.20. The normalized spacial score (nSPS) is 10.4. The van der Waals surface area contributed by atoms with E-state index in [4.69, 9.17) is 0 Å². The van der Waals surface area contributed by atoms with Crippen molar-refractivity contribution in [2.75, 3.05) is 11.9 Å². The van der Waals surface area contributed by atoms with Crippen molar-refractivity contribution in [3.63, 3.8) is 0 Å². The van der Waals surface area contributed by atoms with Crippen LogP contribution < -0.4 is 10.6 Å². The van der Waals surface area contributed by atoms with Crippen LogP contribution in [-0.2, 0) is 11.3 Å². The van der Waals surface area contributed by atoms with Crippen LogP contribution in [0.15, 0.2) is 60.9 Å². The zero-order valence-electron chi connectivity index (χ0n) is 12.7. The third-order valence-corrected chi connectivity index (χ3v) is 3.49.